The second kappa shape index (κ2) is 10.2. The van der Waals surface area contributed by atoms with E-state index in [1.165, 1.54) is 0 Å². The molecular weight excluding hydrogens is 473 g/mol. The average molecular weight is 499 g/mol. The van der Waals surface area contributed by atoms with Crippen molar-refractivity contribution < 1.29 is 9.53 Å². The van der Waals surface area contributed by atoms with Gasteiger partial charge in [0, 0.05) is 26.1 Å². The molecule has 152 valence electrons. The van der Waals surface area contributed by atoms with Gasteiger partial charge in [-0.25, -0.2) is 9.67 Å². The SMILES string of the molecule is CN=C(NCc1cccc(OCC(N)=O)c1)NC1CCc2nc(C)nn2C1.I. The number of aliphatic imine (C=N–C) groups is 1. The number of hydrogen-bond acceptors (Lipinski definition) is 5. The van der Waals surface area contributed by atoms with Gasteiger partial charge in [-0.2, -0.15) is 5.10 Å². The number of carbonyl (C=O) groups excluding carboxylic acids is 1. The van der Waals surface area contributed by atoms with E-state index in [0.717, 1.165) is 42.6 Å². The van der Waals surface area contributed by atoms with Crippen LogP contribution in [-0.4, -0.2) is 46.3 Å². The van der Waals surface area contributed by atoms with Gasteiger partial charge < -0.3 is 21.1 Å². The smallest absolute Gasteiger partial charge is 0.255 e. The number of amides is 1. The zero-order valence-corrected chi connectivity index (χ0v) is 18.3. The van der Waals surface area contributed by atoms with Crippen molar-refractivity contribution in [2.24, 2.45) is 10.7 Å². The normalized spacial score (nSPS) is 15.9. The van der Waals surface area contributed by atoms with Gasteiger partial charge in [0.05, 0.1) is 6.54 Å². The fourth-order valence-corrected chi connectivity index (χ4v) is 3.03. The van der Waals surface area contributed by atoms with Crippen molar-refractivity contribution in [3.8, 4) is 5.75 Å². The Balaban J connectivity index is 0.00000280. The van der Waals surface area contributed by atoms with E-state index >= 15 is 0 Å². The molecule has 1 aromatic heterocycles. The molecule has 1 aliphatic rings. The van der Waals surface area contributed by atoms with Gasteiger partial charge in [0.1, 0.15) is 17.4 Å². The van der Waals surface area contributed by atoms with Crippen LogP contribution in [0.1, 0.15) is 23.6 Å². The molecule has 4 N–H and O–H groups in total. The number of nitrogens with zero attached hydrogens (tertiary/aromatic N) is 4. The number of benzene rings is 1. The maximum absolute atomic E-state index is 10.8. The highest BCUT2D eigenvalue weighted by molar-refractivity contribution is 14.0. The molecule has 1 amide bonds. The number of carbonyl (C=O) groups is 1. The molecule has 28 heavy (non-hydrogen) atoms. The maximum atomic E-state index is 10.8. The van der Waals surface area contributed by atoms with E-state index < -0.39 is 5.91 Å². The standard InChI is InChI=1S/C18H25N7O2.HI/c1-12-22-17-7-6-14(10-25(17)24-12)23-18(20-2)21-9-13-4-3-5-15(8-13)27-11-16(19)26;/h3-5,8,14H,6-7,9-11H2,1-2H3,(H2,19,26)(H2,20,21,23);1H. The van der Waals surface area contributed by atoms with Crippen LogP contribution in [0.4, 0.5) is 0 Å². The molecule has 1 atom stereocenters. The Hall–Kier alpha value is -2.37. The van der Waals surface area contributed by atoms with Crippen molar-refractivity contribution in [3.63, 3.8) is 0 Å². The third-order valence-electron chi connectivity index (χ3n) is 4.27. The summed E-state index contributed by atoms with van der Waals surface area (Å²) < 4.78 is 7.30. The van der Waals surface area contributed by atoms with Crippen LogP contribution in [0.3, 0.4) is 0 Å². The minimum Gasteiger partial charge on any atom is -0.484 e. The second-order valence-corrected chi connectivity index (χ2v) is 6.47. The van der Waals surface area contributed by atoms with Crippen LogP contribution in [0.2, 0.25) is 0 Å². The maximum Gasteiger partial charge on any atom is 0.255 e. The molecule has 10 heteroatoms. The van der Waals surface area contributed by atoms with E-state index in [1.54, 1.807) is 13.1 Å². The lowest BCUT2D eigenvalue weighted by atomic mass is 10.1. The lowest BCUT2D eigenvalue weighted by Gasteiger charge is -2.25. The summed E-state index contributed by atoms with van der Waals surface area (Å²) in [7, 11) is 1.75. The Morgan fingerprint density at radius 2 is 2.29 bits per heavy atom. The first-order valence-corrected chi connectivity index (χ1v) is 8.91. The van der Waals surface area contributed by atoms with Crippen molar-refractivity contribution in [3.05, 3.63) is 41.5 Å². The van der Waals surface area contributed by atoms with Crippen molar-refractivity contribution in [2.75, 3.05) is 13.7 Å². The molecule has 1 unspecified atom stereocenters. The zero-order chi connectivity index (χ0) is 19.2. The average Bonchev–Trinajstić information content (AvgIpc) is 3.03. The fourth-order valence-electron chi connectivity index (χ4n) is 3.03. The predicted octanol–water partition coefficient (Wildman–Crippen LogP) is 0.749. The molecule has 2 aromatic rings. The number of rotatable bonds is 6. The second-order valence-electron chi connectivity index (χ2n) is 6.47. The molecule has 0 saturated heterocycles. The number of fused-ring (bicyclic) bond motifs is 1. The molecule has 0 saturated carbocycles. The van der Waals surface area contributed by atoms with Gasteiger partial charge in [-0.1, -0.05) is 12.1 Å². The number of aryl methyl sites for hydroxylation is 2. The minimum absolute atomic E-state index is 0. The van der Waals surface area contributed by atoms with E-state index in [2.05, 4.69) is 25.7 Å². The molecule has 1 aromatic carbocycles. The largest absolute Gasteiger partial charge is 0.484 e. The van der Waals surface area contributed by atoms with Crippen molar-refractivity contribution in [1.29, 1.82) is 0 Å². The summed E-state index contributed by atoms with van der Waals surface area (Å²) in [6.07, 6.45) is 1.88. The predicted molar refractivity (Wildman–Crippen MR) is 117 cm³/mol. The Kier molecular flexibility index (Phi) is 8.03. The number of nitrogens with two attached hydrogens (primary N) is 1. The van der Waals surface area contributed by atoms with Crippen LogP contribution >= 0.6 is 24.0 Å². The summed E-state index contributed by atoms with van der Waals surface area (Å²) in [6, 6.07) is 7.75. The molecule has 9 nitrogen and oxygen atoms in total. The summed E-state index contributed by atoms with van der Waals surface area (Å²) in [5, 5.41) is 11.2. The number of primary amides is 1. The van der Waals surface area contributed by atoms with E-state index in [0.29, 0.717) is 12.3 Å². The van der Waals surface area contributed by atoms with Crippen LogP contribution in [0, 0.1) is 6.92 Å². The first kappa shape index (κ1) is 21.9. The number of ether oxygens (including phenoxy) is 1. The van der Waals surface area contributed by atoms with Crippen molar-refractivity contribution in [2.45, 2.75) is 38.9 Å². The van der Waals surface area contributed by atoms with E-state index in [1.807, 2.05) is 29.8 Å². The third-order valence-corrected chi connectivity index (χ3v) is 4.27. The van der Waals surface area contributed by atoms with Gasteiger partial charge >= 0.3 is 0 Å². The highest BCUT2D eigenvalue weighted by atomic mass is 127. The third kappa shape index (κ3) is 6.08. The Bertz CT molecular complexity index is 837. The number of aromatic nitrogens is 3. The first-order valence-electron chi connectivity index (χ1n) is 8.91. The molecular formula is C18H26IN7O2. The van der Waals surface area contributed by atoms with Gasteiger partial charge in [0.2, 0.25) is 0 Å². The van der Waals surface area contributed by atoms with Crippen LogP contribution in [0.15, 0.2) is 29.3 Å². The van der Waals surface area contributed by atoms with Crippen LogP contribution < -0.4 is 21.1 Å². The van der Waals surface area contributed by atoms with Crippen LogP contribution in [0.5, 0.6) is 5.75 Å². The van der Waals surface area contributed by atoms with E-state index in [-0.39, 0.29) is 36.6 Å². The number of hydrogen-bond donors (Lipinski definition) is 3. The molecule has 3 rings (SSSR count). The van der Waals surface area contributed by atoms with Gasteiger partial charge in [-0.3, -0.25) is 9.79 Å². The van der Waals surface area contributed by atoms with E-state index in [9.17, 15) is 4.79 Å². The van der Waals surface area contributed by atoms with Gasteiger partial charge in [0.25, 0.3) is 5.91 Å². The van der Waals surface area contributed by atoms with Gasteiger partial charge in [-0.05, 0) is 31.0 Å². The van der Waals surface area contributed by atoms with Crippen molar-refractivity contribution >= 4 is 35.8 Å². The highest BCUT2D eigenvalue weighted by Gasteiger charge is 2.21. The molecule has 0 fully saturated rings. The highest BCUT2D eigenvalue weighted by Crippen LogP contribution is 2.14. The number of nitrogens with one attached hydrogen (secondary N) is 2. The molecule has 0 bridgehead atoms. The van der Waals surface area contributed by atoms with Crippen LogP contribution in [0.25, 0.3) is 0 Å². The summed E-state index contributed by atoms with van der Waals surface area (Å²) in [6.45, 7) is 3.13. The van der Waals surface area contributed by atoms with Crippen molar-refractivity contribution in [1.82, 2.24) is 25.4 Å². The molecule has 0 radical (unpaired) electrons. The molecule has 0 spiro atoms. The Labute approximate surface area is 181 Å². The molecule has 1 aliphatic heterocycles. The molecule has 0 aliphatic carbocycles. The number of guanidine groups is 1. The summed E-state index contributed by atoms with van der Waals surface area (Å²) in [4.78, 5) is 19.6. The minimum atomic E-state index is -0.499. The summed E-state index contributed by atoms with van der Waals surface area (Å²) in [5.41, 5.74) is 6.12. The Morgan fingerprint density at radius 1 is 1.46 bits per heavy atom. The summed E-state index contributed by atoms with van der Waals surface area (Å²) >= 11 is 0. The number of halogens is 1. The lowest BCUT2D eigenvalue weighted by molar-refractivity contribution is -0.119. The zero-order valence-electron chi connectivity index (χ0n) is 16.0. The first-order chi connectivity index (χ1) is 13.0. The van der Waals surface area contributed by atoms with Gasteiger partial charge in [0.15, 0.2) is 12.6 Å². The Morgan fingerprint density at radius 3 is 3.04 bits per heavy atom. The molecule has 2 heterocycles. The van der Waals surface area contributed by atoms with E-state index in [4.69, 9.17) is 10.5 Å². The monoisotopic (exact) mass is 499 g/mol. The summed E-state index contributed by atoms with van der Waals surface area (Å²) in [5.74, 6) is 2.69. The topological polar surface area (TPSA) is 119 Å². The quantitative estimate of drug-likeness (QED) is 0.307. The van der Waals surface area contributed by atoms with Crippen LogP contribution in [-0.2, 0) is 24.3 Å². The van der Waals surface area contributed by atoms with Gasteiger partial charge in [-0.15, -0.1) is 24.0 Å². The fraction of sp³-hybridized carbons (Fsp3) is 0.444. The lowest BCUT2D eigenvalue weighted by Crippen LogP contribution is -2.46.